The summed E-state index contributed by atoms with van der Waals surface area (Å²) in [7, 11) is 1.58. The molecule has 1 N–H and O–H groups in total. The van der Waals surface area contributed by atoms with E-state index >= 15 is 0 Å². The highest BCUT2D eigenvalue weighted by Gasteiger charge is 2.11. The van der Waals surface area contributed by atoms with Crippen LogP contribution in [-0.4, -0.2) is 28.9 Å². The SMILES string of the molecule is COc1ncccc1CSCC(C)C(=O)O. The molecule has 1 heterocycles. The first-order valence-corrected chi connectivity index (χ1v) is 6.09. The molecule has 0 aromatic carbocycles. The lowest BCUT2D eigenvalue weighted by atomic mass is 10.2. The highest BCUT2D eigenvalue weighted by atomic mass is 32.2. The summed E-state index contributed by atoms with van der Waals surface area (Å²) in [6.07, 6.45) is 1.67. The molecule has 5 heteroatoms. The molecular weight excluding hydrogens is 226 g/mol. The second-order valence-electron chi connectivity index (χ2n) is 3.43. The number of carboxylic acid groups (broad SMARTS) is 1. The van der Waals surface area contributed by atoms with Gasteiger partial charge in [0.05, 0.1) is 13.0 Å². The molecule has 0 fully saturated rings. The van der Waals surface area contributed by atoms with Gasteiger partial charge >= 0.3 is 5.97 Å². The van der Waals surface area contributed by atoms with Crippen LogP contribution < -0.4 is 4.74 Å². The lowest BCUT2D eigenvalue weighted by molar-refractivity contribution is -0.140. The van der Waals surface area contributed by atoms with Crippen LogP contribution in [-0.2, 0) is 10.5 Å². The van der Waals surface area contributed by atoms with Gasteiger partial charge in [0.2, 0.25) is 5.88 Å². The van der Waals surface area contributed by atoms with Crippen LogP contribution >= 0.6 is 11.8 Å². The number of aliphatic carboxylic acids is 1. The third kappa shape index (κ3) is 3.73. The minimum absolute atomic E-state index is 0.326. The molecule has 1 rings (SSSR count). The van der Waals surface area contributed by atoms with Gasteiger partial charge in [0.1, 0.15) is 0 Å². The summed E-state index contributed by atoms with van der Waals surface area (Å²) in [5.41, 5.74) is 0.993. The Bertz CT molecular complexity index is 357. The molecule has 0 radical (unpaired) electrons. The van der Waals surface area contributed by atoms with Crippen LogP contribution in [0.25, 0.3) is 0 Å². The first kappa shape index (κ1) is 12.8. The number of methoxy groups -OCH3 is 1. The standard InChI is InChI=1S/C11H15NO3S/c1-8(11(13)14)6-16-7-9-4-3-5-12-10(9)15-2/h3-5,8H,6-7H2,1-2H3,(H,13,14). The fourth-order valence-electron chi connectivity index (χ4n) is 1.13. The molecule has 88 valence electrons. The van der Waals surface area contributed by atoms with Gasteiger partial charge in [-0.1, -0.05) is 13.0 Å². The van der Waals surface area contributed by atoms with Gasteiger partial charge in [-0.2, -0.15) is 11.8 Å². The summed E-state index contributed by atoms with van der Waals surface area (Å²) >= 11 is 1.57. The molecule has 0 saturated heterocycles. The zero-order chi connectivity index (χ0) is 12.0. The van der Waals surface area contributed by atoms with E-state index in [4.69, 9.17) is 9.84 Å². The van der Waals surface area contributed by atoms with Gasteiger partial charge in [0.15, 0.2) is 0 Å². The molecule has 0 aliphatic heterocycles. The smallest absolute Gasteiger partial charge is 0.307 e. The molecule has 0 aliphatic carbocycles. The lowest BCUT2D eigenvalue weighted by Crippen LogP contribution is -2.11. The number of thioether (sulfide) groups is 1. The van der Waals surface area contributed by atoms with E-state index in [-0.39, 0.29) is 5.92 Å². The minimum atomic E-state index is -0.759. The predicted octanol–water partition coefficient (Wildman–Crippen LogP) is 2.04. The van der Waals surface area contributed by atoms with Crippen molar-refractivity contribution in [2.75, 3.05) is 12.9 Å². The maximum Gasteiger partial charge on any atom is 0.307 e. The fraction of sp³-hybridized carbons (Fsp3) is 0.455. The Morgan fingerprint density at radius 1 is 1.69 bits per heavy atom. The average Bonchev–Trinajstić information content (AvgIpc) is 2.29. The highest BCUT2D eigenvalue weighted by Crippen LogP contribution is 2.21. The number of aromatic nitrogens is 1. The van der Waals surface area contributed by atoms with Crippen molar-refractivity contribution in [1.82, 2.24) is 4.98 Å². The molecule has 16 heavy (non-hydrogen) atoms. The minimum Gasteiger partial charge on any atom is -0.481 e. The summed E-state index contributed by atoms with van der Waals surface area (Å²) in [6, 6.07) is 3.78. The van der Waals surface area contributed by atoms with Crippen molar-refractivity contribution in [3.63, 3.8) is 0 Å². The van der Waals surface area contributed by atoms with Gasteiger partial charge in [0.25, 0.3) is 0 Å². The number of hydrogen-bond donors (Lipinski definition) is 1. The number of carbonyl (C=O) groups is 1. The van der Waals surface area contributed by atoms with Gasteiger partial charge in [-0.25, -0.2) is 4.98 Å². The van der Waals surface area contributed by atoms with E-state index in [1.807, 2.05) is 12.1 Å². The van der Waals surface area contributed by atoms with Gasteiger partial charge in [-0.05, 0) is 6.07 Å². The topological polar surface area (TPSA) is 59.4 Å². The highest BCUT2D eigenvalue weighted by molar-refractivity contribution is 7.98. The van der Waals surface area contributed by atoms with Crippen molar-refractivity contribution in [2.24, 2.45) is 5.92 Å². The molecule has 0 spiro atoms. The van der Waals surface area contributed by atoms with Gasteiger partial charge in [-0.15, -0.1) is 0 Å². The first-order chi connectivity index (χ1) is 7.65. The molecule has 0 saturated carbocycles. The Hall–Kier alpha value is -1.23. The Morgan fingerprint density at radius 3 is 3.06 bits per heavy atom. The molecule has 0 amide bonds. The van der Waals surface area contributed by atoms with Crippen molar-refractivity contribution in [3.05, 3.63) is 23.9 Å². The van der Waals surface area contributed by atoms with E-state index in [0.717, 1.165) is 5.56 Å². The number of nitrogens with zero attached hydrogens (tertiary/aromatic N) is 1. The van der Waals surface area contributed by atoms with Crippen molar-refractivity contribution in [3.8, 4) is 5.88 Å². The van der Waals surface area contributed by atoms with Crippen molar-refractivity contribution >= 4 is 17.7 Å². The summed E-state index contributed by atoms with van der Waals surface area (Å²) in [4.78, 5) is 14.7. The molecular formula is C11H15NO3S. The number of carboxylic acids is 1. The van der Waals surface area contributed by atoms with E-state index in [9.17, 15) is 4.79 Å². The van der Waals surface area contributed by atoms with Crippen LogP contribution in [0.5, 0.6) is 5.88 Å². The zero-order valence-electron chi connectivity index (χ0n) is 9.34. The third-order valence-electron chi connectivity index (χ3n) is 2.09. The Labute approximate surface area is 99.0 Å². The first-order valence-electron chi connectivity index (χ1n) is 4.93. The molecule has 0 aliphatic rings. The van der Waals surface area contributed by atoms with Crippen LogP contribution in [0.4, 0.5) is 0 Å². The normalized spacial score (nSPS) is 12.1. The second kappa shape index (κ2) is 6.37. The lowest BCUT2D eigenvalue weighted by Gasteiger charge is -2.08. The van der Waals surface area contributed by atoms with Crippen molar-refractivity contribution in [1.29, 1.82) is 0 Å². The van der Waals surface area contributed by atoms with Gasteiger partial charge in [-0.3, -0.25) is 4.79 Å². The molecule has 0 bridgehead atoms. The summed E-state index contributed by atoms with van der Waals surface area (Å²) in [6.45, 7) is 1.70. The molecule has 4 nitrogen and oxygen atoms in total. The average molecular weight is 241 g/mol. The van der Waals surface area contributed by atoms with Crippen LogP contribution in [0.2, 0.25) is 0 Å². The summed E-state index contributed by atoms with van der Waals surface area (Å²) in [5.74, 6) is 0.832. The number of hydrogen-bond acceptors (Lipinski definition) is 4. The largest absolute Gasteiger partial charge is 0.481 e. The van der Waals surface area contributed by atoms with Crippen LogP contribution in [0, 0.1) is 5.92 Å². The fourth-order valence-corrected chi connectivity index (χ4v) is 2.19. The van der Waals surface area contributed by atoms with Crippen LogP contribution in [0.15, 0.2) is 18.3 Å². The van der Waals surface area contributed by atoms with E-state index < -0.39 is 5.97 Å². The quantitative estimate of drug-likeness (QED) is 0.826. The molecule has 1 unspecified atom stereocenters. The maximum absolute atomic E-state index is 10.6. The van der Waals surface area contributed by atoms with E-state index in [1.165, 1.54) is 0 Å². The van der Waals surface area contributed by atoms with E-state index in [2.05, 4.69) is 4.98 Å². The second-order valence-corrected chi connectivity index (χ2v) is 4.46. The molecule has 1 aromatic rings. The Kier molecular flexibility index (Phi) is 5.11. The Balaban J connectivity index is 2.45. The van der Waals surface area contributed by atoms with Crippen LogP contribution in [0.1, 0.15) is 12.5 Å². The van der Waals surface area contributed by atoms with Crippen LogP contribution in [0.3, 0.4) is 0 Å². The van der Waals surface area contributed by atoms with Gasteiger partial charge in [0, 0.05) is 23.3 Å². The van der Waals surface area contributed by atoms with Crippen molar-refractivity contribution in [2.45, 2.75) is 12.7 Å². The number of rotatable bonds is 6. The van der Waals surface area contributed by atoms with E-state index in [1.54, 1.807) is 32.0 Å². The summed E-state index contributed by atoms with van der Waals surface area (Å²) in [5, 5.41) is 8.73. The zero-order valence-corrected chi connectivity index (χ0v) is 10.2. The number of ether oxygens (including phenoxy) is 1. The molecule has 1 aromatic heterocycles. The summed E-state index contributed by atoms with van der Waals surface area (Å²) < 4.78 is 5.11. The predicted molar refractivity (Wildman–Crippen MR) is 63.8 cm³/mol. The third-order valence-corrected chi connectivity index (χ3v) is 3.34. The van der Waals surface area contributed by atoms with Gasteiger partial charge < -0.3 is 9.84 Å². The molecule has 1 atom stereocenters. The maximum atomic E-state index is 10.6. The van der Waals surface area contributed by atoms with Crippen molar-refractivity contribution < 1.29 is 14.6 Å². The van der Waals surface area contributed by atoms with E-state index in [0.29, 0.717) is 17.4 Å². The Morgan fingerprint density at radius 2 is 2.44 bits per heavy atom. The number of pyridine rings is 1. The monoisotopic (exact) mass is 241 g/mol.